The summed E-state index contributed by atoms with van der Waals surface area (Å²) in [6.07, 6.45) is -35.3. The molecule has 0 saturated heterocycles. The Bertz CT molecular complexity index is 424. The molecule has 0 heterocycles. The molecule has 3 nitrogen and oxygen atoms in total. The van der Waals surface area contributed by atoms with Gasteiger partial charge in [0.1, 0.15) is 0 Å². The summed E-state index contributed by atoms with van der Waals surface area (Å²) in [5.74, 6) is 0. The standard InChI is InChI=1S/C7HF13O3/c8-2(4(9,10)11,5(12,13)14)3(6(15,16)17,7(18,19)20)23-1(21)22/h(H,21,22). The maximum atomic E-state index is 13.4. The van der Waals surface area contributed by atoms with Crippen LogP contribution in [0.2, 0.25) is 0 Å². The molecule has 0 fully saturated rings. The smallest absolute Gasteiger partial charge is 0.450 e. The highest BCUT2D eigenvalue weighted by Crippen LogP contribution is 2.63. The van der Waals surface area contributed by atoms with Crippen molar-refractivity contribution in [3.8, 4) is 0 Å². The Balaban J connectivity index is 7.19. The quantitative estimate of drug-likeness (QED) is 0.572. The summed E-state index contributed by atoms with van der Waals surface area (Å²) < 4.78 is 163. The van der Waals surface area contributed by atoms with Gasteiger partial charge < -0.3 is 9.84 Å². The third-order valence-electron chi connectivity index (χ3n) is 2.31. The molecular formula is C7HF13O3. The van der Waals surface area contributed by atoms with E-state index in [2.05, 4.69) is 0 Å². The summed E-state index contributed by atoms with van der Waals surface area (Å²) in [5.41, 5.74) is -16.0. The second kappa shape index (κ2) is 5.19. The predicted molar refractivity (Wildman–Crippen MR) is 39.9 cm³/mol. The molecule has 1 N–H and O–H groups in total. The molecule has 0 unspecified atom stereocenters. The minimum Gasteiger partial charge on any atom is -0.450 e. The maximum Gasteiger partial charge on any atom is 0.507 e. The van der Waals surface area contributed by atoms with Crippen molar-refractivity contribution in [3.05, 3.63) is 0 Å². The monoisotopic (exact) mass is 380 g/mol. The second-order valence-corrected chi connectivity index (χ2v) is 3.70. The number of hydrogen-bond acceptors (Lipinski definition) is 2. The van der Waals surface area contributed by atoms with Crippen LogP contribution in [-0.2, 0) is 4.74 Å². The van der Waals surface area contributed by atoms with Gasteiger partial charge in [0.2, 0.25) is 0 Å². The predicted octanol–water partition coefficient (Wildman–Crippen LogP) is 4.38. The van der Waals surface area contributed by atoms with Crippen molar-refractivity contribution in [2.24, 2.45) is 0 Å². The molecule has 0 aliphatic rings. The number of hydrogen-bond donors (Lipinski definition) is 1. The lowest BCUT2D eigenvalue weighted by Crippen LogP contribution is -2.79. The van der Waals surface area contributed by atoms with Crippen LogP contribution in [0.3, 0.4) is 0 Å². The van der Waals surface area contributed by atoms with Gasteiger partial charge in [0.05, 0.1) is 0 Å². The van der Waals surface area contributed by atoms with Crippen LogP contribution in [-0.4, -0.2) is 47.2 Å². The third-order valence-corrected chi connectivity index (χ3v) is 2.31. The van der Waals surface area contributed by atoms with Crippen molar-refractivity contribution in [1.82, 2.24) is 0 Å². The Morgan fingerprint density at radius 1 is 0.609 bits per heavy atom. The van der Waals surface area contributed by atoms with E-state index in [1.807, 2.05) is 4.74 Å². The first kappa shape index (κ1) is 21.4. The summed E-state index contributed by atoms with van der Waals surface area (Å²) in [6.45, 7) is 0. The van der Waals surface area contributed by atoms with Crippen molar-refractivity contribution >= 4 is 6.16 Å². The molecule has 0 atom stereocenters. The molecule has 0 rings (SSSR count). The Hall–Kier alpha value is -1.64. The molecule has 0 radical (unpaired) electrons. The molecule has 0 aromatic rings. The first-order chi connectivity index (χ1) is 9.67. The molecule has 0 spiro atoms. The molecule has 0 aromatic heterocycles. The SMILES string of the molecule is O=C(O)OC(C(F)(F)F)(C(F)(F)F)C(F)(C(F)(F)F)C(F)(F)F. The van der Waals surface area contributed by atoms with E-state index in [1.54, 1.807) is 0 Å². The molecular weight excluding hydrogens is 379 g/mol. The van der Waals surface area contributed by atoms with Gasteiger partial charge in [0.25, 0.3) is 0 Å². The van der Waals surface area contributed by atoms with Crippen molar-refractivity contribution < 1.29 is 71.7 Å². The van der Waals surface area contributed by atoms with Crippen LogP contribution < -0.4 is 0 Å². The molecule has 0 aliphatic heterocycles. The fourth-order valence-corrected chi connectivity index (χ4v) is 1.43. The van der Waals surface area contributed by atoms with Crippen LogP contribution in [0.5, 0.6) is 0 Å². The Morgan fingerprint density at radius 2 is 0.870 bits per heavy atom. The number of alkyl halides is 13. The van der Waals surface area contributed by atoms with Crippen LogP contribution >= 0.6 is 0 Å². The highest BCUT2D eigenvalue weighted by molar-refractivity contribution is 5.58. The van der Waals surface area contributed by atoms with E-state index >= 15 is 0 Å². The molecule has 0 saturated carbocycles. The summed E-state index contributed by atoms with van der Waals surface area (Å²) >= 11 is 0. The first-order valence-corrected chi connectivity index (χ1v) is 4.54. The molecule has 16 heteroatoms. The van der Waals surface area contributed by atoms with Gasteiger partial charge >= 0.3 is 42.1 Å². The van der Waals surface area contributed by atoms with Gasteiger partial charge in [0.15, 0.2) is 0 Å². The zero-order chi connectivity index (χ0) is 19.3. The van der Waals surface area contributed by atoms with E-state index in [9.17, 15) is 61.9 Å². The summed E-state index contributed by atoms with van der Waals surface area (Å²) in [6, 6.07) is 0. The van der Waals surface area contributed by atoms with Crippen LogP contribution in [0, 0.1) is 0 Å². The minimum absolute atomic E-state index is 1.84. The Kier molecular flexibility index (Phi) is 4.82. The molecule has 0 amide bonds. The summed E-state index contributed by atoms with van der Waals surface area (Å²) in [4.78, 5) is 9.89. The van der Waals surface area contributed by atoms with Gasteiger partial charge in [-0.05, 0) is 0 Å². The highest BCUT2D eigenvalue weighted by atomic mass is 19.4. The Morgan fingerprint density at radius 3 is 1.00 bits per heavy atom. The lowest BCUT2D eigenvalue weighted by molar-refractivity contribution is -0.478. The minimum atomic E-state index is -8.16. The first-order valence-electron chi connectivity index (χ1n) is 4.54. The van der Waals surface area contributed by atoms with Crippen LogP contribution in [0.4, 0.5) is 61.9 Å². The zero-order valence-corrected chi connectivity index (χ0v) is 9.68. The van der Waals surface area contributed by atoms with Crippen molar-refractivity contribution in [2.75, 3.05) is 0 Å². The van der Waals surface area contributed by atoms with Crippen molar-refractivity contribution in [2.45, 2.75) is 36.0 Å². The number of carbonyl (C=O) groups is 1. The molecule has 23 heavy (non-hydrogen) atoms. The molecule has 0 bridgehead atoms. The third kappa shape index (κ3) is 2.93. The summed E-state index contributed by atoms with van der Waals surface area (Å²) in [7, 11) is 0. The Labute approximate surface area is 115 Å². The molecule has 0 aromatic carbocycles. The summed E-state index contributed by atoms with van der Waals surface area (Å²) in [5, 5.41) is 7.75. The van der Waals surface area contributed by atoms with Crippen LogP contribution in [0.25, 0.3) is 0 Å². The van der Waals surface area contributed by atoms with E-state index in [0.717, 1.165) is 0 Å². The van der Waals surface area contributed by atoms with Crippen LogP contribution in [0.15, 0.2) is 0 Å². The van der Waals surface area contributed by atoms with Gasteiger partial charge in [-0.15, -0.1) is 0 Å². The normalized spacial score (nSPS) is 15.5. The maximum absolute atomic E-state index is 13.4. The van der Waals surface area contributed by atoms with Gasteiger partial charge in [0, 0.05) is 0 Å². The largest absolute Gasteiger partial charge is 0.507 e. The zero-order valence-electron chi connectivity index (χ0n) is 9.68. The van der Waals surface area contributed by atoms with Gasteiger partial charge in [-0.3, -0.25) is 0 Å². The lowest BCUT2D eigenvalue weighted by Gasteiger charge is -2.45. The molecule has 138 valence electrons. The van der Waals surface area contributed by atoms with Crippen molar-refractivity contribution in [3.63, 3.8) is 0 Å². The van der Waals surface area contributed by atoms with Gasteiger partial charge in [-0.1, -0.05) is 0 Å². The number of ether oxygens (including phenoxy) is 1. The average molecular weight is 380 g/mol. The van der Waals surface area contributed by atoms with Crippen LogP contribution in [0.1, 0.15) is 0 Å². The second-order valence-electron chi connectivity index (χ2n) is 3.70. The molecule has 0 aliphatic carbocycles. The van der Waals surface area contributed by atoms with E-state index < -0.39 is 42.1 Å². The number of halogens is 13. The fourth-order valence-electron chi connectivity index (χ4n) is 1.43. The van der Waals surface area contributed by atoms with Crippen molar-refractivity contribution in [1.29, 1.82) is 0 Å². The fraction of sp³-hybridized carbons (Fsp3) is 0.857. The average Bonchev–Trinajstić information content (AvgIpc) is 2.17. The van der Waals surface area contributed by atoms with Gasteiger partial charge in [-0.25, -0.2) is 9.18 Å². The van der Waals surface area contributed by atoms with Gasteiger partial charge in [-0.2, -0.15) is 52.7 Å². The van der Waals surface area contributed by atoms with E-state index in [-0.39, 0.29) is 0 Å². The van der Waals surface area contributed by atoms with E-state index in [0.29, 0.717) is 0 Å². The number of carboxylic acid groups (broad SMARTS) is 1. The number of rotatable bonds is 2. The highest BCUT2D eigenvalue weighted by Gasteiger charge is 2.97. The lowest BCUT2D eigenvalue weighted by atomic mass is 9.81. The van der Waals surface area contributed by atoms with E-state index in [1.165, 1.54) is 0 Å². The topological polar surface area (TPSA) is 46.5 Å². The van der Waals surface area contributed by atoms with E-state index in [4.69, 9.17) is 5.11 Å².